The molecule has 2 N–H and O–H groups in total. The molecule has 0 amide bonds. The molecule has 0 heterocycles. The van der Waals surface area contributed by atoms with Crippen molar-refractivity contribution < 1.29 is 34.1 Å². The Bertz CT molecular complexity index is 809. The van der Waals surface area contributed by atoms with Gasteiger partial charge in [-0.25, -0.2) is 0 Å². The summed E-state index contributed by atoms with van der Waals surface area (Å²) in [6, 6.07) is 5.87. The number of aromatic hydroxyl groups is 1. The van der Waals surface area contributed by atoms with E-state index < -0.39 is 52.3 Å². The first-order valence-corrected chi connectivity index (χ1v) is 10.0. The largest absolute Gasteiger partial charge is 0.508 e. The molecule has 1 saturated carbocycles. The van der Waals surface area contributed by atoms with Crippen LogP contribution in [0, 0.1) is 11.8 Å². The summed E-state index contributed by atoms with van der Waals surface area (Å²) in [7, 11) is 0. The molecule has 0 saturated heterocycles. The number of Topliss-reactive ketones (excluding diaryl/α,β-unsaturated/α-hetero) is 1. The third-order valence-corrected chi connectivity index (χ3v) is 4.87. The number of hydrogen-bond donors (Lipinski definition) is 2. The molecule has 1 aromatic carbocycles. The third-order valence-electron chi connectivity index (χ3n) is 4.87. The standard InChI is InChI=1S/C23H32O7/c1-21(2,3)29-19(26)17-15(25)12-23(7,28)18(20(27)30-22(4,5)6)16(17)13-8-10-14(24)11-9-13/h8-11,16-18,24,28H,12H2,1-7H3/t16-,17-,18+,23-/m1/s1. The number of phenolic OH excluding ortho intramolecular Hbond substituents is 1. The van der Waals surface area contributed by atoms with E-state index in [1.165, 1.54) is 31.2 Å². The third kappa shape index (κ3) is 5.59. The fraction of sp³-hybridized carbons (Fsp3) is 0.609. The number of hydrogen-bond acceptors (Lipinski definition) is 7. The van der Waals surface area contributed by atoms with E-state index in [0.29, 0.717) is 5.56 Å². The number of rotatable bonds is 3. The maximum absolute atomic E-state index is 13.1. The Morgan fingerprint density at radius 1 is 0.967 bits per heavy atom. The van der Waals surface area contributed by atoms with Gasteiger partial charge in [0, 0.05) is 12.3 Å². The van der Waals surface area contributed by atoms with Gasteiger partial charge < -0.3 is 19.7 Å². The first-order chi connectivity index (χ1) is 13.5. The van der Waals surface area contributed by atoms with Gasteiger partial charge in [0.2, 0.25) is 0 Å². The summed E-state index contributed by atoms with van der Waals surface area (Å²) in [4.78, 5) is 39.1. The molecule has 7 heteroatoms. The highest BCUT2D eigenvalue weighted by Crippen LogP contribution is 2.47. The van der Waals surface area contributed by atoms with Crippen LogP contribution in [0.1, 0.15) is 66.4 Å². The minimum Gasteiger partial charge on any atom is -0.508 e. The van der Waals surface area contributed by atoms with Crippen molar-refractivity contribution in [3.8, 4) is 5.75 Å². The molecule has 4 atom stereocenters. The molecule has 0 bridgehead atoms. The van der Waals surface area contributed by atoms with Crippen LogP contribution in [0.15, 0.2) is 24.3 Å². The topological polar surface area (TPSA) is 110 Å². The highest BCUT2D eigenvalue weighted by molar-refractivity contribution is 6.03. The lowest BCUT2D eigenvalue weighted by atomic mass is 9.61. The number of ether oxygens (including phenoxy) is 2. The average molecular weight is 421 g/mol. The summed E-state index contributed by atoms with van der Waals surface area (Å²) in [5.41, 5.74) is -2.93. The first-order valence-electron chi connectivity index (χ1n) is 10.0. The number of phenols is 1. The Labute approximate surface area is 177 Å². The summed E-state index contributed by atoms with van der Waals surface area (Å²) in [6.45, 7) is 11.6. The Kier molecular flexibility index (Phi) is 6.38. The van der Waals surface area contributed by atoms with Crippen LogP contribution in [0.4, 0.5) is 0 Å². The van der Waals surface area contributed by atoms with E-state index in [9.17, 15) is 24.6 Å². The number of aliphatic hydroxyl groups is 1. The van der Waals surface area contributed by atoms with E-state index in [-0.39, 0.29) is 12.2 Å². The molecule has 0 spiro atoms. The van der Waals surface area contributed by atoms with Gasteiger partial charge in [-0.2, -0.15) is 0 Å². The lowest BCUT2D eigenvalue weighted by Crippen LogP contribution is -2.56. The van der Waals surface area contributed by atoms with E-state index in [4.69, 9.17) is 9.47 Å². The van der Waals surface area contributed by atoms with Crippen LogP contribution >= 0.6 is 0 Å². The smallest absolute Gasteiger partial charge is 0.317 e. The van der Waals surface area contributed by atoms with Crippen LogP contribution in [-0.4, -0.2) is 44.7 Å². The fourth-order valence-electron chi connectivity index (χ4n) is 3.84. The summed E-state index contributed by atoms with van der Waals surface area (Å²) in [5, 5.41) is 20.7. The molecule has 1 aromatic rings. The second-order valence-electron chi connectivity index (χ2n) is 10.1. The number of ketones is 1. The van der Waals surface area contributed by atoms with Crippen molar-refractivity contribution in [2.24, 2.45) is 11.8 Å². The molecule has 7 nitrogen and oxygen atoms in total. The highest BCUT2D eigenvalue weighted by Gasteiger charge is 2.57. The molecule has 0 unspecified atom stereocenters. The number of carbonyl (C=O) groups is 3. The molecular weight excluding hydrogens is 388 g/mol. The second kappa shape index (κ2) is 8.02. The zero-order valence-corrected chi connectivity index (χ0v) is 18.7. The second-order valence-corrected chi connectivity index (χ2v) is 10.1. The van der Waals surface area contributed by atoms with Gasteiger partial charge in [-0.3, -0.25) is 14.4 Å². The van der Waals surface area contributed by atoms with Crippen LogP contribution < -0.4 is 0 Å². The van der Waals surface area contributed by atoms with Crippen molar-refractivity contribution in [1.82, 2.24) is 0 Å². The summed E-state index contributed by atoms with van der Waals surface area (Å²) < 4.78 is 11.0. The van der Waals surface area contributed by atoms with Crippen molar-refractivity contribution in [2.75, 3.05) is 0 Å². The Morgan fingerprint density at radius 2 is 1.43 bits per heavy atom. The maximum atomic E-state index is 13.1. The molecule has 0 aliphatic heterocycles. The van der Waals surface area contributed by atoms with Gasteiger partial charge in [-0.05, 0) is 66.2 Å². The Morgan fingerprint density at radius 3 is 1.90 bits per heavy atom. The molecule has 1 fully saturated rings. The number of carbonyl (C=O) groups excluding carboxylic acids is 3. The van der Waals surface area contributed by atoms with Gasteiger partial charge >= 0.3 is 11.9 Å². The molecule has 30 heavy (non-hydrogen) atoms. The highest BCUT2D eigenvalue weighted by atomic mass is 16.6. The normalized spacial score (nSPS) is 27.5. The van der Waals surface area contributed by atoms with Gasteiger partial charge in [0.1, 0.15) is 22.9 Å². The predicted molar refractivity (Wildman–Crippen MR) is 110 cm³/mol. The predicted octanol–water partition coefficient (Wildman–Crippen LogP) is 3.12. The lowest BCUT2D eigenvalue weighted by Gasteiger charge is -2.44. The van der Waals surface area contributed by atoms with E-state index in [1.807, 2.05) is 0 Å². The number of benzene rings is 1. The molecule has 0 radical (unpaired) electrons. The lowest BCUT2D eigenvalue weighted by molar-refractivity contribution is -0.182. The zero-order chi connectivity index (χ0) is 23.1. The summed E-state index contributed by atoms with van der Waals surface area (Å²) in [6.07, 6.45) is -0.380. The van der Waals surface area contributed by atoms with Crippen LogP contribution in [0.5, 0.6) is 5.75 Å². The van der Waals surface area contributed by atoms with Gasteiger partial charge in [0.05, 0.1) is 11.5 Å². The summed E-state index contributed by atoms with van der Waals surface area (Å²) in [5.74, 6) is -5.45. The van der Waals surface area contributed by atoms with Gasteiger partial charge in [-0.1, -0.05) is 12.1 Å². The number of esters is 2. The van der Waals surface area contributed by atoms with Crippen LogP contribution in [0.2, 0.25) is 0 Å². The van der Waals surface area contributed by atoms with Gasteiger partial charge in [-0.15, -0.1) is 0 Å². The monoisotopic (exact) mass is 420 g/mol. The molecule has 1 aliphatic carbocycles. The SMILES string of the molecule is CC(C)(C)OC(=O)[C@@H]1C(=O)C[C@@](C)(O)[C@H](C(=O)OC(C)(C)C)[C@@H]1c1ccc(O)cc1. The Hall–Kier alpha value is -2.41. The molecule has 2 rings (SSSR count). The molecular formula is C23H32O7. The van der Waals surface area contributed by atoms with E-state index in [1.54, 1.807) is 41.5 Å². The first kappa shape index (κ1) is 23.9. The van der Waals surface area contributed by atoms with Crippen LogP contribution in [0.3, 0.4) is 0 Å². The van der Waals surface area contributed by atoms with Crippen molar-refractivity contribution >= 4 is 17.7 Å². The van der Waals surface area contributed by atoms with Gasteiger partial charge in [0.25, 0.3) is 0 Å². The van der Waals surface area contributed by atoms with Crippen molar-refractivity contribution in [2.45, 2.75) is 77.6 Å². The van der Waals surface area contributed by atoms with Crippen molar-refractivity contribution in [1.29, 1.82) is 0 Å². The van der Waals surface area contributed by atoms with E-state index in [2.05, 4.69) is 0 Å². The van der Waals surface area contributed by atoms with Crippen LogP contribution in [-0.2, 0) is 23.9 Å². The maximum Gasteiger partial charge on any atom is 0.317 e. The van der Waals surface area contributed by atoms with Crippen molar-refractivity contribution in [3.63, 3.8) is 0 Å². The van der Waals surface area contributed by atoms with Crippen LogP contribution in [0.25, 0.3) is 0 Å². The minimum atomic E-state index is -1.72. The van der Waals surface area contributed by atoms with E-state index in [0.717, 1.165) is 0 Å². The zero-order valence-electron chi connectivity index (χ0n) is 18.7. The quantitative estimate of drug-likeness (QED) is 0.571. The van der Waals surface area contributed by atoms with Gasteiger partial charge in [0.15, 0.2) is 5.78 Å². The average Bonchev–Trinajstić information content (AvgIpc) is 2.50. The van der Waals surface area contributed by atoms with E-state index >= 15 is 0 Å². The minimum absolute atomic E-state index is 0.00437. The molecule has 1 aliphatic rings. The van der Waals surface area contributed by atoms with Crippen molar-refractivity contribution in [3.05, 3.63) is 29.8 Å². The molecule has 166 valence electrons. The summed E-state index contributed by atoms with van der Waals surface area (Å²) >= 11 is 0. The Balaban J connectivity index is 2.62. The fourth-order valence-corrected chi connectivity index (χ4v) is 3.84. The molecule has 0 aromatic heterocycles.